The van der Waals surface area contributed by atoms with E-state index in [1.54, 1.807) is 0 Å². The number of rotatable bonds is 12. The highest BCUT2D eigenvalue weighted by molar-refractivity contribution is 5.71. The van der Waals surface area contributed by atoms with Crippen molar-refractivity contribution >= 4 is 11.7 Å². The van der Waals surface area contributed by atoms with Crippen molar-refractivity contribution in [1.82, 2.24) is 9.55 Å². The Bertz CT molecular complexity index is 757. The number of hydrogen-bond acceptors (Lipinski definition) is 4. The lowest BCUT2D eigenvalue weighted by atomic mass is 9.94. The second-order valence-corrected chi connectivity index (χ2v) is 7.99. The monoisotopic (exact) mass is 397 g/mol. The first kappa shape index (κ1) is 21.4. The molecule has 5 nitrogen and oxygen atoms in total. The fourth-order valence-corrected chi connectivity index (χ4v) is 4.23. The molecule has 1 aliphatic heterocycles. The Balaban J connectivity index is 1.68. The van der Waals surface area contributed by atoms with Crippen LogP contribution in [0.4, 0.5) is 5.69 Å². The number of carbonyl (C=O) groups is 1. The van der Waals surface area contributed by atoms with E-state index in [1.807, 2.05) is 25.6 Å². The van der Waals surface area contributed by atoms with Gasteiger partial charge in [0.15, 0.2) is 0 Å². The number of esters is 1. The summed E-state index contributed by atoms with van der Waals surface area (Å²) in [6.45, 7) is 7.23. The van der Waals surface area contributed by atoms with Crippen LogP contribution in [0.25, 0.3) is 0 Å². The van der Waals surface area contributed by atoms with E-state index in [-0.39, 0.29) is 5.97 Å². The minimum Gasteiger partial charge on any atom is -0.466 e. The number of carbonyl (C=O) groups excluding carboxylic acids is 1. The maximum Gasteiger partial charge on any atom is 0.307 e. The van der Waals surface area contributed by atoms with Gasteiger partial charge in [-0.15, -0.1) is 0 Å². The van der Waals surface area contributed by atoms with Gasteiger partial charge in [0, 0.05) is 43.6 Å². The van der Waals surface area contributed by atoms with E-state index in [9.17, 15) is 4.79 Å². The number of ether oxygens (including phenoxy) is 1. The lowest BCUT2D eigenvalue weighted by molar-refractivity contribution is -0.142. The van der Waals surface area contributed by atoms with Crippen molar-refractivity contribution < 1.29 is 9.53 Å². The molecule has 0 radical (unpaired) electrons. The fourth-order valence-electron chi connectivity index (χ4n) is 4.23. The SMILES string of the molecule is CCCCCCc1ccc2c(c1)C(CCn1ccnc1)CN2CCC(=O)OCC. The van der Waals surface area contributed by atoms with Crippen LogP contribution in [0.1, 0.15) is 69.4 Å². The van der Waals surface area contributed by atoms with Gasteiger partial charge in [-0.2, -0.15) is 0 Å². The van der Waals surface area contributed by atoms with Gasteiger partial charge in [0.25, 0.3) is 0 Å². The largest absolute Gasteiger partial charge is 0.466 e. The average Bonchev–Trinajstić information content (AvgIpc) is 3.36. The van der Waals surface area contributed by atoms with Crippen molar-refractivity contribution in [3.05, 3.63) is 48.0 Å². The molecule has 0 fully saturated rings. The number of nitrogens with zero attached hydrogens (tertiary/aromatic N) is 3. The van der Waals surface area contributed by atoms with Gasteiger partial charge in [0.05, 0.1) is 19.4 Å². The Morgan fingerprint density at radius 1 is 1.21 bits per heavy atom. The Morgan fingerprint density at radius 3 is 2.86 bits per heavy atom. The predicted molar refractivity (Wildman–Crippen MR) is 117 cm³/mol. The van der Waals surface area contributed by atoms with Gasteiger partial charge in [0.2, 0.25) is 0 Å². The number of hydrogen-bond donors (Lipinski definition) is 0. The lowest BCUT2D eigenvalue weighted by Gasteiger charge is -2.19. The first-order chi connectivity index (χ1) is 14.2. The van der Waals surface area contributed by atoms with Crippen LogP contribution in [-0.2, 0) is 22.5 Å². The molecule has 0 saturated carbocycles. The molecule has 1 aliphatic rings. The van der Waals surface area contributed by atoms with E-state index in [2.05, 4.69) is 39.6 Å². The quantitative estimate of drug-likeness (QED) is 0.375. The Hall–Kier alpha value is -2.30. The lowest BCUT2D eigenvalue weighted by Crippen LogP contribution is -2.25. The predicted octanol–water partition coefficient (Wildman–Crippen LogP) is 4.95. The average molecular weight is 398 g/mol. The Kier molecular flexibility index (Phi) is 8.14. The summed E-state index contributed by atoms with van der Waals surface area (Å²) < 4.78 is 7.27. The van der Waals surface area contributed by atoms with E-state index >= 15 is 0 Å². The van der Waals surface area contributed by atoms with Crippen LogP contribution in [0.15, 0.2) is 36.9 Å². The van der Waals surface area contributed by atoms with Crippen LogP contribution < -0.4 is 4.90 Å². The van der Waals surface area contributed by atoms with Crippen LogP contribution in [0.5, 0.6) is 0 Å². The highest BCUT2D eigenvalue weighted by atomic mass is 16.5. The van der Waals surface area contributed by atoms with Crippen LogP contribution in [-0.4, -0.2) is 35.2 Å². The summed E-state index contributed by atoms with van der Waals surface area (Å²) in [5, 5.41) is 0. The molecule has 2 heterocycles. The summed E-state index contributed by atoms with van der Waals surface area (Å²) in [5.41, 5.74) is 4.18. The molecule has 1 aromatic carbocycles. The molecule has 29 heavy (non-hydrogen) atoms. The summed E-state index contributed by atoms with van der Waals surface area (Å²) in [7, 11) is 0. The van der Waals surface area contributed by atoms with E-state index in [4.69, 9.17) is 4.74 Å². The third-order valence-corrected chi connectivity index (χ3v) is 5.82. The topological polar surface area (TPSA) is 47.4 Å². The van der Waals surface area contributed by atoms with Gasteiger partial charge >= 0.3 is 5.97 Å². The maximum absolute atomic E-state index is 11.8. The zero-order chi connectivity index (χ0) is 20.5. The van der Waals surface area contributed by atoms with E-state index in [1.165, 1.54) is 42.5 Å². The van der Waals surface area contributed by atoms with E-state index in [0.29, 0.717) is 18.9 Å². The van der Waals surface area contributed by atoms with E-state index < -0.39 is 0 Å². The first-order valence-electron chi connectivity index (χ1n) is 11.2. The first-order valence-corrected chi connectivity index (χ1v) is 11.2. The number of benzene rings is 1. The highest BCUT2D eigenvalue weighted by Crippen LogP contribution is 2.39. The second kappa shape index (κ2) is 11.0. The summed E-state index contributed by atoms with van der Waals surface area (Å²) >= 11 is 0. The number of anilines is 1. The van der Waals surface area contributed by atoms with Crippen molar-refractivity contribution in [2.24, 2.45) is 0 Å². The normalized spacial score (nSPS) is 15.5. The van der Waals surface area contributed by atoms with Crippen molar-refractivity contribution in [1.29, 1.82) is 0 Å². The van der Waals surface area contributed by atoms with Crippen LogP contribution >= 0.6 is 0 Å². The molecule has 1 unspecified atom stereocenters. The van der Waals surface area contributed by atoms with Crippen molar-refractivity contribution in [3.63, 3.8) is 0 Å². The Labute approximate surface area is 175 Å². The van der Waals surface area contributed by atoms with Gasteiger partial charge in [0.1, 0.15) is 0 Å². The van der Waals surface area contributed by atoms with Crippen LogP contribution in [0.3, 0.4) is 0 Å². The van der Waals surface area contributed by atoms with E-state index in [0.717, 1.165) is 32.5 Å². The molecule has 0 saturated heterocycles. The maximum atomic E-state index is 11.8. The van der Waals surface area contributed by atoms with Crippen molar-refractivity contribution in [3.8, 4) is 0 Å². The zero-order valence-electron chi connectivity index (χ0n) is 18.0. The number of imidazole rings is 1. The molecule has 2 aromatic rings. The standard InChI is InChI=1S/C24H35N3O2/c1-3-5-6-7-8-20-9-10-23-22(17-20)21(11-14-26-16-13-25-19-26)18-27(23)15-12-24(28)29-4-2/h9-10,13,16-17,19,21H,3-8,11-12,14-15,18H2,1-2H3. The molecule has 5 heteroatoms. The number of fused-ring (bicyclic) bond motifs is 1. The molecular weight excluding hydrogens is 362 g/mol. The van der Waals surface area contributed by atoms with Gasteiger partial charge in [-0.05, 0) is 43.4 Å². The molecule has 0 amide bonds. The molecular formula is C24H35N3O2. The summed E-state index contributed by atoms with van der Waals surface area (Å²) in [4.78, 5) is 18.4. The second-order valence-electron chi connectivity index (χ2n) is 7.99. The van der Waals surface area contributed by atoms with Crippen LogP contribution in [0.2, 0.25) is 0 Å². The Morgan fingerprint density at radius 2 is 2.10 bits per heavy atom. The third kappa shape index (κ3) is 6.09. The van der Waals surface area contributed by atoms with Crippen LogP contribution in [0, 0.1) is 0 Å². The molecule has 0 N–H and O–H groups in total. The van der Waals surface area contributed by atoms with Gasteiger partial charge < -0.3 is 14.2 Å². The molecule has 1 aromatic heterocycles. The molecule has 0 spiro atoms. The number of unbranched alkanes of at least 4 members (excludes halogenated alkanes) is 3. The molecule has 158 valence electrons. The molecule has 0 aliphatic carbocycles. The summed E-state index contributed by atoms with van der Waals surface area (Å²) in [6.07, 6.45) is 13.6. The van der Waals surface area contributed by atoms with Gasteiger partial charge in [-0.3, -0.25) is 4.79 Å². The minimum absolute atomic E-state index is 0.108. The van der Waals surface area contributed by atoms with Gasteiger partial charge in [-0.25, -0.2) is 4.98 Å². The minimum atomic E-state index is -0.108. The number of aromatic nitrogens is 2. The number of aryl methyl sites for hydroxylation is 2. The third-order valence-electron chi connectivity index (χ3n) is 5.82. The molecule has 3 rings (SSSR count). The zero-order valence-corrected chi connectivity index (χ0v) is 18.0. The molecule has 1 atom stereocenters. The van der Waals surface area contributed by atoms with Gasteiger partial charge in [-0.1, -0.05) is 38.3 Å². The summed E-state index contributed by atoms with van der Waals surface area (Å²) in [5.74, 6) is 0.383. The summed E-state index contributed by atoms with van der Waals surface area (Å²) in [6, 6.07) is 6.97. The molecule has 0 bridgehead atoms. The smallest absolute Gasteiger partial charge is 0.307 e. The van der Waals surface area contributed by atoms with Crippen molar-refractivity contribution in [2.75, 3.05) is 24.6 Å². The fraction of sp³-hybridized carbons (Fsp3) is 0.583. The van der Waals surface area contributed by atoms with Crippen molar-refractivity contribution in [2.45, 2.75) is 71.3 Å². The highest BCUT2D eigenvalue weighted by Gasteiger charge is 2.29.